The molecule has 1 aromatic heterocycles. The van der Waals surface area contributed by atoms with Crippen molar-refractivity contribution in [1.82, 2.24) is 15.0 Å². The minimum Gasteiger partial charge on any atom is -0.361 e. The lowest BCUT2D eigenvalue weighted by Gasteiger charge is -2.41. The number of aromatic nitrogens is 1. The van der Waals surface area contributed by atoms with E-state index in [4.69, 9.17) is 4.52 Å². The summed E-state index contributed by atoms with van der Waals surface area (Å²) in [6.07, 6.45) is 5.15. The molecule has 3 aliphatic heterocycles. The average Bonchev–Trinajstić information content (AvgIpc) is 3.20. The molecule has 3 aliphatic rings. The predicted molar refractivity (Wildman–Crippen MR) is 92.1 cm³/mol. The Bertz CT molecular complexity index is 706. The molecule has 2 atom stereocenters. The van der Waals surface area contributed by atoms with Crippen LogP contribution in [-0.2, 0) is 20.8 Å². The van der Waals surface area contributed by atoms with Gasteiger partial charge >= 0.3 is 0 Å². The first kappa shape index (κ1) is 17.2. The Morgan fingerprint density at radius 3 is 2.23 bits per heavy atom. The molecule has 0 aliphatic carbocycles. The topological polar surface area (TPSA) is 83.7 Å². The largest absolute Gasteiger partial charge is 0.361 e. The summed E-state index contributed by atoms with van der Waals surface area (Å²) in [4.78, 5) is 40.5. The third kappa shape index (κ3) is 2.83. The SMILES string of the molecule is Cc1noc(C)c1CCC(=O)N1C2CCC1CC(N1C(=O)CCC1=O)C2. The van der Waals surface area contributed by atoms with Gasteiger partial charge in [0.25, 0.3) is 0 Å². The van der Waals surface area contributed by atoms with Crippen LogP contribution in [0.3, 0.4) is 0 Å². The first-order valence-corrected chi connectivity index (χ1v) is 9.53. The number of amides is 3. The maximum Gasteiger partial charge on any atom is 0.229 e. The second-order valence-corrected chi connectivity index (χ2v) is 7.77. The quantitative estimate of drug-likeness (QED) is 0.767. The van der Waals surface area contributed by atoms with Gasteiger partial charge in [0, 0.05) is 43.0 Å². The zero-order chi connectivity index (χ0) is 18.4. The maximum atomic E-state index is 12.9. The van der Waals surface area contributed by atoms with Gasteiger partial charge in [0.2, 0.25) is 17.7 Å². The molecule has 3 fully saturated rings. The van der Waals surface area contributed by atoms with Gasteiger partial charge in [-0.25, -0.2) is 0 Å². The zero-order valence-electron chi connectivity index (χ0n) is 15.4. The normalized spacial score (nSPS) is 28.3. The Balaban J connectivity index is 1.41. The first-order valence-electron chi connectivity index (χ1n) is 9.53. The molecule has 26 heavy (non-hydrogen) atoms. The first-order chi connectivity index (χ1) is 12.5. The summed E-state index contributed by atoms with van der Waals surface area (Å²) in [5.41, 5.74) is 1.87. The molecule has 140 valence electrons. The number of rotatable bonds is 4. The van der Waals surface area contributed by atoms with Gasteiger partial charge in [0.1, 0.15) is 5.76 Å². The fourth-order valence-electron chi connectivity index (χ4n) is 4.99. The number of likely N-dealkylation sites (tertiary alicyclic amines) is 1. The average molecular weight is 359 g/mol. The van der Waals surface area contributed by atoms with Crippen LogP contribution in [0.1, 0.15) is 62.0 Å². The maximum absolute atomic E-state index is 12.9. The van der Waals surface area contributed by atoms with Crippen molar-refractivity contribution in [2.45, 2.75) is 83.3 Å². The van der Waals surface area contributed by atoms with Crippen molar-refractivity contribution in [1.29, 1.82) is 0 Å². The molecule has 0 radical (unpaired) electrons. The summed E-state index contributed by atoms with van der Waals surface area (Å²) in [6.45, 7) is 3.77. The lowest BCUT2D eigenvalue weighted by Crippen LogP contribution is -2.53. The fourth-order valence-corrected chi connectivity index (χ4v) is 4.99. The molecule has 4 heterocycles. The summed E-state index contributed by atoms with van der Waals surface area (Å²) < 4.78 is 5.17. The van der Waals surface area contributed by atoms with Crippen molar-refractivity contribution < 1.29 is 18.9 Å². The molecule has 1 aromatic rings. The summed E-state index contributed by atoms with van der Waals surface area (Å²) in [5.74, 6) is 0.855. The number of nitrogens with zero attached hydrogens (tertiary/aromatic N) is 3. The van der Waals surface area contributed by atoms with E-state index < -0.39 is 0 Å². The molecule has 2 bridgehead atoms. The lowest BCUT2D eigenvalue weighted by atomic mass is 9.95. The van der Waals surface area contributed by atoms with E-state index in [1.165, 1.54) is 4.90 Å². The van der Waals surface area contributed by atoms with E-state index in [1.807, 2.05) is 18.7 Å². The van der Waals surface area contributed by atoms with Crippen LogP contribution in [0.15, 0.2) is 4.52 Å². The van der Waals surface area contributed by atoms with Gasteiger partial charge < -0.3 is 9.42 Å². The van der Waals surface area contributed by atoms with E-state index >= 15 is 0 Å². The number of imide groups is 1. The Morgan fingerprint density at radius 1 is 1.08 bits per heavy atom. The van der Waals surface area contributed by atoms with Crippen molar-refractivity contribution in [2.75, 3.05) is 0 Å². The highest BCUT2D eigenvalue weighted by Crippen LogP contribution is 2.39. The van der Waals surface area contributed by atoms with Gasteiger partial charge in [-0.3, -0.25) is 19.3 Å². The van der Waals surface area contributed by atoms with Crippen molar-refractivity contribution >= 4 is 17.7 Å². The van der Waals surface area contributed by atoms with Gasteiger partial charge in [-0.05, 0) is 46.0 Å². The van der Waals surface area contributed by atoms with Gasteiger partial charge in [-0.1, -0.05) is 5.16 Å². The van der Waals surface area contributed by atoms with E-state index in [2.05, 4.69) is 5.16 Å². The van der Waals surface area contributed by atoms with Gasteiger partial charge in [0.15, 0.2) is 0 Å². The van der Waals surface area contributed by atoms with Crippen LogP contribution >= 0.6 is 0 Å². The van der Waals surface area contributed by atoms with Crippen molar-refractivity contribution in [3.05, 3.63) is 17.0 Å². The van der Waals surface area contributed by atoms with E-state index in [9.17, 15) is 14.4 Å². The van der Waals surface area contributed by atoms with Crippen LogP contribution < -0.4 is 0 Å². The summed E-state index contributed by atoms with van der Waals surface area (Å²) in [7, 11) is 0. The smallest absolute Gasteiger partial charge is 0.229 e. The number of fused-ring (bicyclic) bond motifs is 2. The monoisotopic (exact) mass is 359 g/mol. The molecule has 3 amide bonds. The molecule has 7 heteroatoms. The van der Waals surface area contributed by atoms with Crippen LogP contribution in [0.4, 0.5) is 0 Å². The van der Waals surface area contributed by atoms with Gasteiger partial charge in [-0.2, -0.15) is 0 Å². The standard InChI is InChI=1S/C19H25N3O4/c1-11-16(12(2)26-20-11)5-6-17(23)21-13-3-4-14(21)10-15(9-13)22-18(24)7-8-19(22)25/h13-15H,3-10H2,1-2H3. The van der Waals surface area contributed by atoms with Crippen molar-refractivity contribution in [2.24, 2.45) is 0 Å². The number of carbonyl (C=O) groups excluding carboxylic acids is 3. The van der Waals surface area contributed by atoms with Crippen molar-refractivity contribution in [3.8, 4) is 0 Å². The van der Waals surface area contributed by atoms with E-state index in [1.54, 1.807) is 0 Å². The van der Waals surface area contributed by atoms with Gasteiger partial charge in [-0.15, -0.1) is 0 Å². The van der Waals surface area contributed by atoms with E-state index in [0.29, 0.717) is 25.7 Å². The van der Waals surface area contributed by atoms with Crippen LogP contribution in [0.2, 0.25) is 0 Å². The van der Waals surface area contributed by atoms with E-state index in [0.717, 1.165) is 42.7 Å². The molecule has 0 N–H and O–H groups in total. The summed E-state index contributed by atoms with van der Waals surface area (Å²) >= 11 is 0. The minimum atomic E-state index is -0.0439. The number of aryl methyl sites for hydroxylation is 2. The Hall–Kier alpha value is -2.18. The predicted octanol–water partition coefficient (Wildman–Crippen LogP) is 1.90. The molecular formula is C19H25N3O4. The number of hydrogen-bond donors (Lipinski definition) is 0. The molecule has 3 saturated heterocycles. The van der Waals surface area contributed by atoms with Crippen LogP contribution in [0, 0.1) is 13.8 Å². The molecule has 7 nitrogen and oxygen atoms in total. The second-order valence-electron chi connectivity index (χ2n) is 7.77. The van der Waals surface area contributed by atoms with Crippen molar-refractivity contribution in [3.63, 3.8) is 0 Å². The molecule has 4 rings (SSSR count). The Kier molecular flexibility index (Phi) is 4.32. The summed E-state index contributed by atoms with van der Waals surface area (Å²) in [5, 5.41) is 3.95. The number of piperidine rings is 1. The number of hydrogen-bond acceptors (Lipinski definition) is 5. The fraction of sp³-hybridized carbons (Fsp3) is 0.684. The molecule has 0 spiro atoms. The van der Waals surface area contributed by atoms with Crippen LogP contribution in [0.5, 0.6) is 0 Å². The van der Waals surface area contributed by atoms with Gasteiger partial charge in [0.05, 0.1) is 5.69 Å². The number of carbonyl (C=O) groups is 3. The van der Waals surface area contributed by atoms with Crippen LogP contribution in [-0.4, -0.2) is 50.8 Å². The highest BCUT2D eigenvalue weighted by Gasteiger charge is 2.47. The summed E-state index contributed by atoms with van der Waals surface area (Å²) in [6, 6.07) is 0.274. The Morgan fingerprint density at radius 2 is 1.69 bits per heavy atom. The molecule has 0 saturated carbocycles. The third-order valence-corrected chi connectivity index (χ3v) is 6.22. The highest BCUT2D eigenvalue weighted by atomic mass is 16.5. The highest BCUT2D eigenvalue weighted by molar-refractivity contribution is 6.02. The molecular weight excluding hydrogens is 334 g/mol. The third-order valence-electron chi connectivity index (χ3n) is 6.22. The van der Waals surface area contributed by atoms with E-state index in [-0.39, 0.29) is 35.8 Å². The molecule has 0 aromatic carbocycles. The Labute approximate surface area is 152 Å². The van der Waals surface area contributed by atoms with Crippen LogP contribution in [0.25, 0.3) is 0 Å². The minimum absolute atomic E-state index is 0.0263. The molecule has 2 unspecified atom stereocenters. The second kappa shape index (κ2) is 6.52. The zero-order valence-corrected chi connectivity index (χ0v) is 15.4. The lowest BCUT2D eigenvalue weighted by molar-refractivity contribution is -0.144.